The smallest absolute Gasteiger partial charge is 0.350 e. The molecule has 3 rings (SSSR count). The fraction of sp³-hybridized carbons (Fsp3) is 0.278. The number of amides is 2. The van der Waals surface area contributed by atoms with Gasteiger partial charge in [0.1, 0.15) is 5.41 Å². The minimum Gasteiger partial charge on any atom is -0.350 e. The van der Waals surface area contributed by atoms with Crippen molar-refractivity contribution in [2.24, 2.45) is 5.41 Å². The monoisotopic (exact) mass is 397 g/mol. The third-order valence-electron chi connectivity index (χ3n) is 4.32. The summed E-state index contributed by atoms with van der Waals surface area (Å²) in [4.78, 5) is 29.0. The number of rotatable bonds is 5. The van der Waals surface area contributed by atoms with E-state index in [1.807, 2.05) is 0 Å². The van der Waals surface area contributed by atoms with E-state index in [2.05, 4.69) is 15.6 Å². The number of aromatic nitrogens is 1. The van der Waals surface area contributed by atoms with Crippen LogP contribution in [0.5, 0.6) is 0 Å². The van der Waals surface area contributed by atoms with Crippen LogP contribution in [0.3, 0.4) is 0 Å². The highest BCUT2D eigenvalue weighted by molar-refractivity contribution is 6.34. The minimum atomic E-state index is -4.57. The van der Waals surface area contributed by atoms with Gasteiger partial charge in [0.2, 0.25) is 11.8 Å². The fourth-order valence-electron chi connectivity index (χ4n) is 2.56. The lowest BCUT2D eigenvalue weighted by Gasteiger charge is -2.17. The first-order valence-electron chi connectivity index (χ1n) is 8.09. The second kappa shape index (κ2) is 7.19. The zero-order chi connectivity index (χ0) is 19.7. The molecule has 0 radical (unpaired) electrons. The van der Waals surface area contributed by atoms with Gasteiger partial charge in [0.25, 0.3) is 0 Å². The molecule has 2 amide bonds. The Morgan fingerprint density at radius 1 is 1.15 bits per heavy atom. The topological polar surface area (TPSA) is 71.1 Å². The van der Waals surface area contributed by atoms with Gasteiger partial charge in [-0.15, -0.1) is 0 Å². The molecule has 1 saturated carbocycles. The van der Waals surface area contributed by atoms with Crippen molar-refractivity contribution in [1.82, 2.24) is 10.3 Å². The summed E-state index contributed by atoms with van der Waals surface area (Å²) in [5.74, 6) is -1.17. The molecule has 0 saturated heterocycles. The van der Waals surface area contributed by atoms with Crippen molar-refractivity contribution in [1.29, 1.82) is 0 Å². The van der Waals surface area contributed by atoms with Gasteiger partial charge >= 0.3 is 6.18 Å². The maximum absolute atomic E-state index is 12.8. The van der Waals surface area contributed by atoms with E-state index < -0.39 is 29.0 Å². The van der Waals surface area contributed by atoms with Crippen molar-refractivity contribution in [2.75, 3.05) is 5.32 Å². The molecule has 1 heterocycles. The normalized spacial score (nSPS) is 15.1. The quantitative estimate of drug-likeness (QED) is 0.754. The number of anilines is 1. The molecule has 27 heavy (non-hydrogen) atoms. The van der Waals surface area contributed by atoms with E-state index in [1.165, 1.54) is 0 Å². The van der Waals surface area contributed by atoms with Crippen LogP contribution in [0.4, 0.5) is 18.9 Å². The second-order valence-corrected chi connectivity index (χ2v) is 6.64. The lowest BCUT2D eigenvalue weighted by molar-refractivity contribution is -0.138. The summed E-state index contributed by atoms with van der Waals surface area (Å²) in [6, 6.07) is 7.86. The Kier molecular flexibility index (Phi) is 5.10. The van der Waals surface area contributed by atoms with Gasteiger partial charge in [-0.2, -0.15) is 13.2 Å². The molecule has 0 unspecified atom stereocenters. The predicted molar refractivity (Wildman–Crippen MR) is 92.8 cm³/mol. The van der Waals surface area contributed by atoms with Gasteiger partial charge in [0.05, 0.1) is 28.5 Å². The number of carbonyl (C=O) groups excluding carboxylic acids is 2. The number of nitrogens with one attached hydrogen (secondary N) is 2. The highest BCUT2D eigenvalue weighted by atomic mass is 35.5. The van der Waals surface area contributed by atoms with Crippen molar-refractivity contribution in [2.45, 2.75) is 25.6 Å². The van der Waals surface area contributed by atoms with Gasteiger partial charge < -0.3 is 10.6 Å². The molecule has 1 aliphatic rings. The molecule has 2 aromatic rings. The summed E-state index contributed by atoms with van der Waals surface area (Å²) in [6.07, 6.45) is -2.37. The molecule has 1 aromatic carbocycles. The largest absolute Gasteiger partial charge is 0.416 e. The predicted octanol–water partition coefficient (Wildman–Crippen LogP) is 3.79. The first-order valence-corrected chi connectivity index (χ1v) is 8.46. The van der Waals surface area contributed by atoms with Crippen LogP contribution in [0.1, 0.15) is 24.1 Å². The van der Waals surface area contributed by atoms with E-state index in [4.69, 9.17) is 11.6 Å². The van der Waals surface area contributed by atoms with E-state index in [-0.39, 0.29) is 17.3 Å². The molecule has 0 aliphatic heterocycles. The van der Waals surface area contributed by atoms with E-state index in [9.17, 15) is 22.8 Å². The molecule has 5 nitrogen and oxygen atoms in total. The number of alkyl halides is 3. The van der Waals surface area contributed by atoms with Crippen LogP contribution in [0.25, 0.3) is 0 Å². The fourth-order valence-corrected chi connectivity index (χ4v) is 2.73. The van der Waals surface area contributed by atoms with E-state index in [0.717, 1.165) is 18.2 Å². The van der Waals surface area contributed by atoms with Gasteiger partial charge in [-0.1, -0.05) is 17.7 Å². The van der Waals surface area contributed by atoms with Gasteiger partial charge in [0, 0.05) is 6.20 Å². The zero-order valence-electron chi connectivity index (χ0n) is 13.9. The molecule has 1 aliphatic carbocycles. The number of hydrogen-bond acceptors (Lipinski definition) is 3. The van der Waals surface area contributed by atoms with Crippen molar-refractivity contribution in [3.05, 3.63) is 58.9 Å². The summed E-state index contributed by atoms with van der Waals surface area (Å²) in [6.45, 7) is 0.152. The molecule has 1 aromatic heterocycles. The maximum Gasteiger partial charge on any atom is 0.416 e. The number of nitrogens with zero attached hydrogens (tertiary/aromatic N) is 1. The van der Waals surface area contributed by atoms with Gasteiger partial charge in [-0.3, -0.25) is 14.6 Å². The molecule has 0 atom stereocenters. The van der Waals surface area contributed by atoms with Gasteiger partial charge in [0.15, 0.2) is 0 Å². The highest BCUT2D eigenvalue weighted by Gasteiger charge is 2.56. The number of hydrogen-bond donors (Lipinski definition) is 2. The zero-order valence-corrected chi connectivity index (χ0v) is 14.7. The Bertz CT molecular complexity index is 868. The summed E-state index contributed by atoms with van der Waals surface area (Å²) in [5.41, 5.74) is -1.79. The maximum atomic E-state index is 12.8. The van der Waals surface area contributed by atoms with Crippen molar-refractivity contribution >= 4 is 29.1 Å². The molecular weight excluding hydrogens is 383 g/mol. The molecule has 2 N–H and O–H groups in total. The van der Waals surface area contributed by atoms with Crippen molar-refractivity contribution in [3.63, 3.8) is 0 Å². The molecule has 9 heteroatoms. The van der Waals surface area contributed by atoms with E-state index in [0.29, 0.717) is 18.5 Å². The first kappa shape index (κ1) is 19.2. The Balaban J connectivity index is 1.69. The number of benzene rings is 1. The average molecular weight is 398 g/mol. The molecule has 0 bridgehead atoms. The molecule has 0 spiro atoms. The molecule has 142 valence electrons. The Morgan fingerprint density at radius 3 is 2.48 bits per heavy atom. The standard InChI is InChI=1S/C18H15ClF3N3O2/c19-13-5-4-11(18(20,21)22)9-14(13)25-16(27)17(6-7-17)15(26)24-10-12-3-1-2-8-23-12/h1-5,8-9H,6-7,10H2,(H,24,26)(H,25,27). The Hall–Kier alpha value is -2.61. The number of pyridine rings is 1. The summed E-state index contributed by atoms with van der Waals surface area (Å²) < 4.78 is 38.5. The number of carbonyl (C=O) groups is 2. The third-order valence-corrected chi connectivity index (χ3v) is 4.65. The van der Waals surface area contributed by atoms with Crippen molar-refractivity contribution < 1.29 is 22.8 Å². The van der Waals surface area contributed by atoms with Crippen LogP contribution in [0.15, 0.2) is 42.6 Å². The lowest BCUT2D eigenvalue weighted by Crippen LogP contribution is -2.39. The van der Waals surface area contributed by atoms with Gasteiger partial charge in [-0.05, 0) is 43.2 Å². The average Bonchev–Trinajstić information content (AvgIpc) is 3.43. The first-order chi connectivity index (χ1) is 12.7. The molecular formula is C18H15ClF3N3O2. The highest BCUT2D eigenvalue weighted by Crippen LogP contribution is 2.47. The molecule has 1 fully saturated rings. The van der Waals surface area contributed by atoms with E-state index >= 15 is 0 Å². The Labute approximate surface area is 157 Å². The minimum absolute atomic E-state index is 0.0407. The van der Waals surface area contributed by atoms with Crippen LogP contribution in [0.2, 0.25) is 5.02 Å². The second-order valence-electron chi connectivity index (χ2n) is 6.23. The van der Waals surface area contributed by atoms with Crippen LogP contribution in [0, 0.1) is 5.41 Å². The third kappa shape index (κ3) is 4.21. The SMILES string of the molecule is O=C(NCc1ccccn1)C1(C(=O)Nc2cc(C(F)(F)F)ccc2Cl)CC1. The summed E-state index contributed by atoms with van der Waals surface area (Å²) >= 11 is 5.89. The van der Waals surface area contributed by atoms with Gasteiger partial charge in [-0.25, -0.2) is 0 Å². The lowest BCUT2D eigenvalue weighted by atomic mass is 10.0. The summed E-state index contributed by atoms with van der Waals surface area (Å²) in [7, 11) is 0. The number of halogens is 4. The van der Waals surface area contributed by atoms with Crippen LogP contribution in [-0.2, 0) is 22.3 Å². The van der Waals surface area contributed by atoms with Crippen molar-refractivity contribution in [3.8, 4) is 0 Å². The Morgan fingerprint density at radius 2 is 1.89 bits per heavy atom. The van der Waals surface area contributed by atoms with Crippen LogP contribution >= 0.6 is 11.6 Å². The summed E-state index contributed by atoms with van der Waals surface area (Å²) in [5, 5.41) is 4.96. The van der Waals surface area contributed by atoms with E-state index in [1.54, 1.807) is 24.4 Å². The van der Waals surface area contributed by atoms with Crippen LogP contribution in [-0.4, -0.2) is 16.8 Å². The van der Waals surface area contributed by atoms with Crippen LogP contribution < -0.4 is 10.6 Å².